The second kappa shape index (κ2) is 9.72. The topological polar surface area (TPSA) is 78.9 Å². The summed E-state index contributed by atoms with van der Waals surface area (Å²) in [7, 11) is 1.79. The van der Waals surface area contributed by atoms with Gasteiger partial charge >= 0.3 is 0 Å². The number of aliphatic hydroxyl groups is 1. The number of amides is 2. The van der Waals surface area contributed by atoms with Crippen molar-refractivity contribution in [3.05, 3.63) is 35.9 Å². The number of ether oxygens (including phenoxy) is 1. The largest absolute Gasteiger partial charge is 0.391 e. The van der Waals surface area contributed by atoms with E-state index in [1.54, 1.807) is 11.9 Å². The molecule has 2 N–H and O–H groups in total. The van der Waals surface area contributed by atoms with E-state index in [0.717, 1.165) is 32.1 Å². The number of hydrogen-bond donors (Lipinski definition) is 2. The normalized spacial score (nSPS) is 30.2. The fourth-order valence-electron chi connectivity index (χ4n) is 4.79. The fraction of sp³-hybridized carbons (Fsp3) is 0.652. The molecule has 0 radical (unpaired) electrons. The van der Waals surface area contributed by atoms with Gasteiger partial charge in [0.05, 0.1) is 12.1 Å². The van der Waals surface area contributed by atoms with Crippen LogP contribution in [0.5, 0.6) is 0 Å². The standard InChI is InChI=1S/C23H34N2O4/c1-17(26)24-16-23(18-8-4-3-5-9-18)13-11-19(20(27)12-14-23)25(2)22(28)21-10-6-7-15-29-21/h3-5,8-9,19-21,27H,6-7,10-16H2,1-2H3,(H,24,26)/t19-,20-,21+,23-/m1/s1. The minimum Gasteiger partial charge on any atom is -0.391 e. The molecule has 2 aliphatic rings. The van der Waals surface area contributed by atoms with Gasteiger partial charge in [-0.25, -0.2) is 0 Å². The Morgan fingerprint density at radius 3 is 2.55 bits per heavy atom. The first kappa shape index (κ1) is 21.8. The summed E-state index contributed by atoms with van der Waals surface area (Å²) in [6.45, 7) is 2.70. The summed E-state index contributed by atoms with van der Waals surface area (Å²) >= 11 is 0. The molecule has 0 spiro atoms. The summed E-state index contributed by atoms with van der Waals surface area (Å²) in [5.41, 5.74) is 0.930. The molecule has 6 nitrogen and oxygen atoms in total. The van der Waals surface area contributed by atoms with Crippen LogP contribution in [0, 0.1) is 0 Å². The van der Waals surface area contributed by atoms with E-state index < -0.39 is 6.10 Å². The highest BCUT2D eigenvalue weighted by Crippen LogP contribution is 2.39. The highest BCUT2D eigenvalue weighted by molar-refractivity contribution is 5.81. The lowest BCUT2D eigenvalue weighted by atomic mass is 9.74. The predicted octanol–water partition coefficient (Wildman–Crippen LogP) is 2.39. The third kappa shape index (κ3) is 5.17. The van der Waals surface area contributed by atoms with Gasteiger partial charge in [-0.2, -0.15) is 0 Å². The van der Waals surface area contributed by atoms with E-state index >= 15 is 0 Å². The Morgan fingerprint density at radius 2 is 1.90 bits per heavy atom. The lowest BCUT2D eigenvalue weighted by Gasteiger charge is -2.35. The number of benzene rings is 1. The minimum absolute atomic E-state index is 0.0252. The maximum atomic E-state index is 12.9. The molecule has 1 aliphatic carbocycles. The van der Waals surface area contributed by atoms with E-state index in [0.29, 0.717) is 26.0 Å². The van der Waals surface area contributed by atoms with Gasteiger partial charge in [0, 0.05) is 32.5 Å². The van der Waals surface area contributed by atoms with Crippen LogP contribution in [0.1, 0.15) is 57.4 Å². The van der Waals surface area contributed by atoms with Crippen molar-refractivity contribution in [1.82, 2.24) is 10.2 Å². The summed E-state index contributed by atoms with van der Waals surface area (Å²) < 4.78 is 5.67. The summed E-state index contributed by atoms with van der Waals surface area (Å²) in [6.07, 6.45) is 4.61. The van der Waals surface area contributed by atoms with Crippen molar-refractivity contribution in [3.8, 4) is 0 Å². The molecule has 1 saturated carbocycles. The first-order chi connectivity index (χ1) is 13.9. The number of carbonyl (C=O) groups is 2. The number of hydrogen-bond acceptors (Lipinski definition) is 4. The van der Waals surface area contributed by atoms with Crippen molar-refractivity contribution in [2.24, 2.45) is 0 Å². The molecule has 1 aromatic rings. The fourth-order valence-corrected chi connectivity index (χ4v) is 4.79. The van der Waals surface area contributed by atoms with Crippen LogP contribution in [0.25, 0.3) is 0 Å². The SMILES string of the molecule is CC(=O)NC[C@]1(c2ccccc2)CC[C@@H](O)[C@H](N(C)C(=O)[C@@H]2CCCCO2)CC1. The number of nitrogens with one attached hydrogen (secondary N) is 1. The number of rotatable bonds is 5. The van der Waals surface area contributed by atoms with E-state index in [-0.39, 0.29) is 29.4 Å². The maximum absolute atomic E-state index is 12.9. The van der Waals surface area contributed by atoms with Crippen molar-refractivity contribution in [1.29, 1.82) is 0 Å². The third-order valence-electron chi connectivity index (χ3n) is 6.64. The van der Waals surface area contributed by atoms with Crippen LogP contribution in [-0.2, 0) is 19.7 Å². The molecule has 160 valence electrons. The van der Waals surface area contributed by atoms with Crippen LogP contribution in [-0.4, -0.2) is 60.3 Å². The van der Waals surface area contributed by atoms with E-state index in [4.69, 9.17) is 4.74 Å². The van der Waals surface area contributed by atoms with Crippen LogP contribution in [0.2, 0.25) is 0 Å². The summed E-state index contributed by atoms with van der Waals surface area (Å²) in [4.78, 5) is 26.3. The molecule has 0 aromatic heterocycles. The Morgan fingerprint density at radius 1 is 1.17 bits per heavy atom. The molecule has 1 aliphatic heterocycles. The van der Waals surface area contributed by atoms with E-state index in [1.165, 1.54) is 12.5 Å². The van der Waals surface area contributed by atoms with Gasteiger partial charge in [-0.05, 0) is 50.5 Å². The molecule has 0 bridgehead atoms. The Kier molecular flexibility index (Phi) is 7.30. The summed E-state index contributed by atoms with van der Waals surface area (Å²) in [6, 6.07) is 9.97. The van der Waals surface area contributed by atoms with Crippen molar-refractivity contribution in [3.63, 3.8) is 0 Å². The van der Waals surface area contributed by atoms with Gasteiger partial charge in [-0.3, -0.25) is 9.59 Å². The Labute approximate surface area is 173 Å². The Balaban J connectivity index is 1.77. The molecule has 1 aromatic carbocycles. The molecular formula is C23H34N2O4. The van der Waals surface area contributed by atoms with Gasteiger partial charge in [0.25, 0.3) is 5.91 Å². The molecule has 3 rings (SSSR count). The van der Waals surface area contributed by atoms with Gasteiger partial charge in [0.1, 0.15) is 6.10 Å². The van der Waals surface area contributed by atoms with Gasteiger partial charge in [-0.15, -0.1) is 0 Å². The van der Waals surface area contributed by atoms with E-state index in [1.807, 2.05) is 18.2 Å². The van der Waals surface area contributed by atoms with Gasteiger partial charge in [0.2, 0.25) is 5.91 Å². The molecule has 29 heavy (non-hydrogen) atoms. The number of carbonyl (C=O) groups excluding carboxylic acids is 2. The van der Waals surface area contributed by atoms with Gasteiger partial charge in [-0.1, -0.05) is 30.3 Å². The zero-order valence-corrected chi connectivity index (χ0v) is 17.6. The molecule has 2 amide bonds. The molecular weight excluding hydrogens is 368 g/mol. The van der Waals surface area contributed by atoms with Crippen LogP contribution in [0.3, 0.4) is 0 Å². The lowest BCUT2D eigenvalue weighted by molar-refractivity contribution is -0.149. The number of aliphatic hydroxyl groups excluding tert-OH is 1. The molecule has 0 unspecified atom stereocenters. The second-order valence-corrected chi connectivity index (χ2v) is 8.57. The molecule has 6 heteroatoms. The molecule has 1 heterocycles. The van der Waals surface area contributed by atoms with Crippen molar-refractivity contribution in [2.45, 2.75) is 75.5 Å². The van der Waals surface area contributed by atoms with Crippen LogP contribution in [0.4, 0.5) is 0 Å². The Bertz CT molecular complexity index is 689. The van der Waals surface area contributed by atoms with E-state index in [9.17, 15) is 14.7 Å². The summed E-state index contributed by atoms with van der Waals surface area (Å²) in [5, 5.41) is 13.9. The quantitative estimate of drug-likeness (QED) is 0.742. The van der Waals surface area contributed by atoms with Gasteiger partial charge in [0.15, 0.2) is 0 Å². The highest BCUT2D eigenvalue weighted by atomic mass is 16.5. The first-order valence-corrected chi connectivity index (χ1v) is 10.8. The van der Waals surface area contributed by atoms with Crippen molar-refractivity contribution in [2.75, 3.05) is 20.2 Å². The van der Waals surface area contributed by atoms with Crippen molar-refractivity contribution >= 4 is 11.8 Å². The number of nitrogens with zero attached hydrogens (tertiary/aromatic N) is 1. The monoisotopic (exact) mass is 402 g/mol. The molecule has 4 atom stereocenters. The van der Waals surface area contributed by atoms with Crippen LogP contribution >= 0.6 is 0 Å². The molecule has 2 fully saturated rings. The first-order valence-electron chi connectivity index (χ1n) is 10.8. The molecule has 1 saturated heterocycles. The van der Waals surface area contributed by atoms with Crippen molar-refractivity contribution < 1.29 is 19.4 Å². The minimum atomic E-state index is -0.588. The lowest BCUT2D eigenvalue weighted by Crippen LogP contribution is -2.49. The van der Waals surface area contributed by atoms with E-state index in [2.05, 4.69) is 17.4 Å². The second-order valence-electron chi connectivity index (χ2n) is 8.57. The zero-order valence-electron chi connectivity index (χ0n) is 17.6. The van der Waals surface area contributed by atoms with Crippen LogP contribution < -0.4 is 5.32 Å². The predicted molar refractivity (Wildman–Crippen MR) is 111 cm³/mol. The maximum Gasteiger partial charge on any atom is 0.251 e. The zero-order chi connectivity index (χ0) is 20.9. The smallest absolute Gasteiger partial charge is 0.251 e. The average molecular weight is 403 g/mol. The summed E-state index contributed by atoms with van der Waals surface area (Å²) in [5.74, 6) is -0.0776. The Hall–Kier alpha value is -1.92. The highest BCUT2D eigenvalue weighted by Gasteiger charge is 2.41. The average Bonchev–Trinajstić information content (AvgIpc) is 2.92. The van der Waals surface area contributed by atoms with Crippen LogP contribution in [0.15, 0.2) is 30.3 Å². The van der Waals surface area contributed by atoms with Gasteiger partial charge < -0.3 is 20.1 Å². The number of likely N-dealkylation sites (N-methyl/N-ethyl adjacent to an activating group) is 1. The third-order valence-corrected chi connectivity index (χ3v) is 6.64.